The summed E-state index contributed by atoms with van der Waals surface area (Å²) in [6.45, 7) is 1.44. The molecule has 180 valence electrons. The standard InChI is InChI=1S/C26H19BrF4N2O2/c1-3-19(10-4-15(2)28)35-25(34)33-13-12-20-21-14-18(27)9-11-22(21)32-23(20)24(33)16-5-7-17(8-6-16)26(29,30)31/h1,4-11,14,24,32H,12-13H2,2H3/b15-4+,19-10+. The molecule has 9 heteroatoms. The SMILES string of the molecule is C#C/C(=C\C=C(/C)F)OC(=O)N1CCc2c([nH]c3ccc(Br)cc23)C1c1ccc(C(F)(F)F)cc1. The number of hydrogen-bond acceptors (Lipinski definition) is 2. The number of allylic oxidation sites excluding steroid dienone is 4. The van der Waals surface area contributed by atoms with Crippen LogP contribution in [0.2, 0.25) is 0 Å². The van der Waals surface area contributed by atoms with Crippen LogP contribution in [-0.4, -0.2) is 22.5 Å². The van der Waals surface area contributed by atoms with Crippen molar-refractivity contribution in [1.82, 2.24) is 9.88 Å². The first kappa shape index (κ1) is 24.6. The molecule has 0 fully saturated rings. The summed E-state index contributed by atoms with van der Waals surface area (Å²) in [5, 5.41) is 0.951. The maximum Gasteiger partial charge on any atom is 0.416 e. The van der Waals surface area contributed by atoms with Gasteiger partial charge in [-0.3, -0.25) is 4.90 Å². The van der Waals surface area contributed by atoms with Crippen molar-refractivity contribution in [3.8, 4) is 12.3 Å². The zero-order valence-electron chi connectivity index (χ0n) is 18.4. The molecule has 3 aromatic rings. The van der Waals surface area contributed by atoms with Crippen molar-refractivity contribution in [2.45, 2.75) is 25.6 Å². The van der Waals surface area contributed by atoms with Crippen molar-refractivity contribution in [3.63, 3.8) is 0 Å². The van der Waals surface area contributed by atoms with Crippen LogP contribution in [0.3, 0.4) is 0 Å². The Hall–Kier alpha value is -3.51. The van der Waals surface area contributed by atoms with E-state index in [0.717, 1.165) is 45.2 Å². The molecule has 1 aromatic heterocycles. The van der Waals surface area contributed by atoms with Crippen LogP contribution in [0.1, 0.15) is 35.3 Å². The average molecular weight is 547 g/mol. The summed E-state index contributed by atoms with van der Waals surface area (Å²) in [6, 6.07) is 9.60. The molecule has 0 bridgehead atoms. The number of carbonyl (C=O) groups is 1. The number of halogens is 5. The molecule has 1 N–H and O–H groups in total. The van der Waals surface area contributed by atoms with Gasteiger partial charge in [-0.05, 0) is 72.9 Å². The Morgan fingerprint density at radius 1 is 1.23 bits per heavy atom. The van der Waals surface area contributed by atoms with Crippen molar-refractivity contribution in [3.05, 3.63) is 93.1 Å². The van der Waals surface area contributed by atoms with Crippen LogP contribution < -0.4 is 0 Å². The Bertz CT molecular complexity index is 1380. The fourth-order valence-corrected chi connectivity index (χ4v) is 4.47. The summed E-state index contributed by atoms with van der Waals surface area (Å²) in [4.78, 5) is 17.9. The third-order valence-corrected chi connectivity index (χ3v) is 6.17. The molecule has 0 saturated carbocycles. The number of ether oxygens (including phenoxy) is 1. The van der Waals surface area contributed by atoms with E-state index in [4.69, 9.17) is 11.2 Å². The Labute approximate surface area is 207 Å². The van der Waals surface area contributed by atoms with Gasteiger partial charge >= 0.3 is 12.3 Å². The highest BCUT2D eigenvalue weighted by Crippen LogP contribution is 2.40. The number of terminal acetylenes is 1. The second-order valence-electron chi connectivity index (χ2n) is 7.97. The van der Waals surface area contributed by atoms with E-state index in [-0.39, 0.29) is 12.3 Å². The zero-order chi connectivity index (χ0) is 25.3. The van der Waals surface area contributed by atoms with Crippen LogP contribution in [0.25, 0.3) is 10.9 Å². The van der Waals surface area contributed by atoms with Gasteiger partial charge in [0.2, 0.25) is 0 Å². The molecule has 1 aliphatic rings. The quantitative estimate of drug-likeness (QED) is 0.161. The summed E-state index contributed by atoms with van der Waals surface area (Å²) < 4.78 is 58.7. The van der Waals surface area contributed by atoms with Crippen LogP contribution in [0.4, 0.5) is 22.4 Å². The molecule has 4 rings (SSSR count). The molecule has 0 radical (unpaired) electrons. The summed E-state index contributed by atoms with van der Waals surface area (Å²) in [5.41, 5.74) is 2.13. The summed E-state index contributed by atoms with van der Waals surface area (Å²) in [7, 11) is 0. The van der Waals surface area contributed by atoms with Crippen LogP contribution in [0.15, 0.2) is 70.7 Å². The largest absolute Gasteiger partial charge is 0.416 e. The molecule has 4 nitrogen and oxygen atoms in total. The minimum Gasteiger partial charge on any atom is -0.401 e. The lowest BCUT2D eigenvalue weighted by atomic mass is 9.92. The zero-order valence-corrected chi connectivity index (χ0v) is 20.0. The summed E-state index contributed by atoms with van der Waals surface area (Å²) in [5.74, 6) is 1.48. The van der Waals surface area contributed by atoms with Gasteiger partial charge in [0.1, 0.15) is 6.04 Å². The van der Waals surface area contributed by atoms with Gasteiger partial charge in [0, 0.05) is 27.6 Å². The van der Waals surface area contributed by atoms with Gasteiger partial charge in [-0.1, -0.05) is 28.1 Å². The highest BCUT2D eigenvalue weighted by atomic mass is 79.9. The number of carbonyl (C=O) groups excluding carboxylic acids is 1. The number of aromatic nitrogens is 1. The fourth-order valence-electron chi connectivity index (χ4n) is 4.11. The molecule has 1 amide bonds. The van der Waals surface area contributed by atoms with E-state index in [1.54, 1.807) is 0 Å². The highest BCUT2D eigenvalue weighted by molar-refractivity contribution is 9.10. The van der Waals surface area contributed by atoms with E-state index in [2.05, 4.69) is 26.8 Å². The number of H-pyrrole nitrogens is 1. The topological polar surface area (TPSA) is 45.3 Å². The molecule has 2 heterocycles. The van der Waals surface area contributed by atoms with Crippen molar-refractivity contribution in [2.24, 2.45) is 0 Å². The van der Waals surface area contributed by atoms with Crippen molar-refractivity contribution >= 4 is 32.9 Å². The first-order valence-electron chi connectivity index (χ1n) is 10.5. The molecule has 2 aromatic carbocycles. The second-order valence-corrected chi connectivity index (χ2v) is 8.89. The van der Waals surface area contributed by atoms with Gasteiger partial charge in [0.15, 0.2) is 5.76 Å². The number of rotatable bonds is 3. The normalized spacial score (nSPS) is 16.7. The molecule has 0 aliphatic carbocycles. The van der Waals surface area contributed by atoms with E-state index in [1.165, 1.54) is 24.0 Å². The number of nitrogens with one attached hydrogen (secondary N) is 1. The van der Waals surface area contributed by atoms with Crippen molar-refractivity contribution < 1.29 is 27.1 Å². The predicted octanol–water partition coefficient (Wildman–Crippen LogP) is 7.42. The van der Waals surface area contributed by atoms with E-state index in [1.807, 2.05) is 18.2 Å². The molecule has 0 spiro atoms. The van der Waals surface area contributed by atoms with Crippen LogP contribution >= 0.6 is 15.9 Å². The lowest BCUT2D eigenvalue weighted by Gasteiger charge is -2.35. The van der Waals surface area contributed by atoms with Gasteiger partial charge in [-0.15, -0.1) is 6.42 Å². The molecule has 1 aliphatic heterocycles. The Morgan fingerprint density at radius 2 is 1.94 bits per heavy atom. The Kier molecular flexibility index (Phi) is 6.77. The minimum atomic E-state index is -4.49. The minimum absolute atomic E-state index is 0.190. The smallest absolute Gasteiger partial charge is 0.401 e. The Balaban J connectivity index is 1.79. The molecule has 0 saturated heterocycles. The molecular weight excluding hydrogens is 528 g/mol. The lowest BCUT2D eigenvalue weighted by Crippen LogP contribution is -2.40. The Morgan fingerprint density at radius 3 is 2.57 bits per heavy atom. The van der Waals surface area contributed by atoms with Crippen molar-refractivity contribution in [1.29, 1.82) is 0 Å². The van der Waals surface area contributed by atoms with E-state index < -0.39 is 29.7 Å². The maximum absolute atomic E-state index is 13.2. The first-order chi connectivity index (χ1) is 16.6. The monoisotopic (exact) mass is 546 g/mol. The average Bonchev–Trinajstić information content (AvgIpc) is 3.18. The van der Waals surface area contributed by atoms with Crippen LogP contribution in [0, 0.1) is 12.3 Å². The molecule has 1 unspecified atom stereocenters. The first-order valence-corrected chi connectivity index (χ1v) is 11.3. The fraction of sp³-hybridized carbons (Fsp3) is 0.192. The highest BCUT2D eigenvalue weighted by Gasteiger charge is 2.37. The number of alkyl halides is 3. The number of amides is 1. The van der Waals surface area contributed by atoms with Gasteiger partial charge in [0.25, 0.3) is 0 Å². The second kappa shape index (κ2) is 9.62. The lowest BCUT2D eigenvalue weighted by molar-refractivity contribution is -0.137. The number of nitrogens with zero attached hydrogens (tertiary/aromatic N) is 1. The summed E-state index contributed by atoms with van der Waals surface area (Å²) in [6.07, 6.45) is 2.83. The third kappa shape index (κ3) is 5.13. The van der Waals surface area contributed by atoms with E-state index in [0.29, 0.717) is 17.7 Å². The van der Waals surface area contributed by atoms with Gasteiger partial charge < -0.3 is 9.72 Å². The van der Waals surface area contributed by atoms with E-state index in [9.17, 15) is 22.4 Å². The van der Waals surface area contributed by atoms with Crippen LogP contribution in [-0.2, 0) is 17.3 Å². The van der Waals surface area contributed by atoms with E-state index >= 15 is 0 Å². The number of benzene rings is 2. The predicted molar refractivity (Wildman–Crippen MR) is 128 cm³/mol. The third-order valence-electron chi connectivity index (χ3n) is 5.68. The number of fused-ring (bicyclic) bond motifs is 3. The summed E-state index contributed by atoms with van der Waals surface area (Å²) >= 11 is 3.47. The van der Waals surface area contributed by atoms with Gasteiger partial charge in [0.05, 0.1) is 11.4 Å². The van der Waals surface area contributed by atoms with Gasteiger partial charge in [-0.2, -0.15) is 13.2 Å². The van der Waals surface area contributed by atoms with Crippen LogP contribution in [0.5, 0.6) is 0 Å². The number of hydrogen-bond donors (Lipinski definition) is 1. The van der Waals surface area contributed by atoms with Crippen molar-refractivity contribution in [2.75, 3.05) is 6.54 Å². The molecular formula is C26H19BrF4N2O2. The van der Waals surface area contributed by atoms with Gasteiger partial charge in [-0.25, -0.2) is 9.18 Å². The molecule has 35 heavy (non-hydrogen) atoms. The molecule has 1 atom stereocenters. The number of aromatic amines is 1. The maximum atomic E-state index is 13.2.